The van der Waals surface area contributed by atoms with Crippen LogP contribution in [0.1, 0.15) is 24.8 Å². The van der Waals surface area contributed by atoms with E-state index >= 15 is 0 Å². The first-order valence-electron chi connectivity index (χ1n) is 9.26. The first-order valence-corrected chi connectivity index (χ1v) is 9.26. The molecule has 2 N–H and O–H groups in total. The molecule has 2 amide bonds. The van der Waals surface area contributed by atoms with Gasteiger partial charge >= 0.3 is 0 Å². The number of carbonyl (C=O) groups excluding carboxylic acids is 2. The van der Waals surface area contributed by atoms with Crippen LogP contribution in [0.3, 0.4) is 0 Å². The maximum atomic E-state index is 12.7. The van der Waals surface area contributed by atoms with Crippen LogP contribution in [0.4, 0.5) is 5.69 Å². The number of carbonyl (C=O) groups is 2. The summed E-state index contributed by atoms with van der Waals surface area (Å²) in [6, 6.07) is 8.48. The molecule has 0 unspecified atom stereocenters. The van der Waals surface area contributed by atoms with Crippen LogP contribution in [0.5, 0.6) is 0 Å². The number of para-hydroxylation sites is 1. The number of hydrogen-bond acceptors (Lipinski definition) is 4. The van der Waals surface area contributed by atoms with Gasteiger partial charge in [0, 0.05) is 37.3 Å². The van der Waals surface area contributed by atoms with Crippen molar-refractivity contribution in [2.75, 3.05) is 31.6 Å². The first-order chi connectivity index (χ1) is 12.1. The average molecular weight is 342 g/mol. The molecule has 0 radical (unpaired) electrons. The Morgan fingerprint density at radius 2 is 2.16 bits per heavy atom. The van der Waals surface area contributed by atoms with Crippen molar-refractivity contribution in [3.8, 4) is 0 Å². The van der Waals surface area contributed by atoms with Gasteiger partial charge in [-0.05, 0) is 44.5 Å². The van der Waals surface area contributed by atoms with Crippen molar-refractivity contribution in [1.82, 2.24) is 15.5 Å². The van der Waals surface area contributed by atoms with E-state index in [0.717, 1.165) is 38.0 Å². The molecule has 3 heterocycles. The standard InChI is InChI=1S/C19H26N4O2/c1-22-14(12-21-19(25)18-16(22)8-10-20-18)6-7-17(24)23-11-9-13-4-2-3-5-15(13)23/h2-5,14,16,18,20H,6-12H2,1H3,(H,21,25)/t14-,16+,18-/m0/s1. The summed E-state index contributed by atoms with van der Waals surface area (Å²) in [5.74, 6) is 0.284. The van der Waals surface area contributed by atoms with Crippen LogP contribution >= 0.6 is 0 Å². The molecule has 134 valence electrons. The van der Waals surface area contributed by atoms with E-state index in [1.165, 1.54) is 5.56 Å². The molecular weight excluding hydrogens is 316 g/mol. The molecule has 25 heavy (non-hydrogen) atoms. The monoisotopic (exact) mass is 342 g/mol. The summed E-state index contributed by atoms with van der Waals surface area (Å²) in [6.07, 6.45) is 3.22. The number of nitrogens with zero attached hydrogens (tertiary/aromatic N) is 2. The Morgan fingerprint density at radius 1 is 1.32 bits per heavy atom. The second kappa shape index (κ2) is 6.77. The Bertz CT molecular complexity index is 677. The summed E-state index contributed by atoms with van der Waals surface area (Å²) in [5.41, 5.74) is 2.32. The zero-order valence-electron chi connectivity index (χ0n) is 14.7. The molecule has 2 fully saturated rings. The van der Waals surface area contributed by atoms with Crippen LogP contribution in [0, 0.1) is 0 Å². The molecule has 0 saturated carbocycles. The molecule has 0 aliphatic carbocycles. The van der Waals surface area contributed by atoms with Crippen LogP contribution < -0.4 is 15.5 Å². The van der Waals surface area contributed by atoms with Crippen molar-refractivity contribution in [3.63, 3.8) is 0 Å². The minimum Gasteiger partial charge on any atom is -0.353 e. The van der Waals surface area contributed by atoms with Crippen molar-refractivity contribution in [3.05, 3.63) is 29.8 Å². The van der Waals surface area contributed by atoms with E-state index in [4.69, 9.17) is 0 Å². The highest BCUT2D eigenvalue weighted by atomic mass is 16.2. The molecule has 0 bridgehead atoms. The summed E-state index contributed by atoms with van der Waals surface area (Å²) >= 11 is 0. The fraction of sp³-hybridized carbons (Fsp3) is 0.579. The fourth-order valence-electron chi connectivity index (χ4n) is 4.47. The molecule has 2 saturated heterocycles. The predicted octanol–water partition coefficient (Wildman–Crippen LogP) is 0.517. The number of rotatable bonds is 3. The molecule has 1 aromatic carbocycles. The van der Waals surface area contributed by atoms with Crippen molar-refractivity contribution < 1.29 is 9.59 Å². The van der Waals surface area contributed by atoms with Crippen LogP contribution in [-0.4, -0.2) is 61.5 Å². The lowest BCUT2D eigenvalue weighted by molar-refractivity contribution is -0.123. The third-order valence-electron chi connectivity index (χ3n) is 5.96. The van der Waals surface area contributed by atoms with Gasteiger partial charge in [0.1, 0.15) is 6.04 Å². The van der Waals surface area contributed by atoms with Gasteiger partial charge in [-0.25, -0.2) is 0 Å². The van der Waals surface area contributed by atoms with Crippen LogP contribution in [0.15, 0.2) is 24.3 Å². The average Bonchev–Trinajstić information content (AvgIpc) is 3.25. The van der Waals surface area contributed by atoms with Crippen molar-refractivity contribution in [1.29, 1.82) is 0 Å². The first kappa shape index (κ1) is 16.5. The molecular formula is C19H26N4O2. The Kier molecular flexibility index (Phi) is 4.48. The summed E-state index contributed by atoms with van der Waals surface area (Å²) in [6.45, 7) is 2.28. The van der Waals surface area contributed by atoms with Gasteiger partial charge in [-0.15, -0.1) is 0 Å². The third-order valence-corrected chi connectivity index (χ3v) is 5.96. The zero-order valence-corrected chi connectivity index (χ0v) is 14.7. The van der Waals surface area contributed by atoms with E-state index in [1.807, 2.05) is 23.1 Å². The van der Waals surface area contributed by atoms with Gasteiger partial charge in [0.05, 0.1) is 0 Å². The number of nitrogens with one attached hydrogen (secondary N) is 2. The molecule has 0 aromatic heterocycles. The van der Waals surface area contributed by atoms with Crippen molar-refractivity contribution >= 4 is 17.5 Å². The maximum Gasteiger partial charge on any atom is 0.238 e. The lowest BCUT2D eigenvalue weighted by Crippen LogP contribution is -2.48. The Balaban J connectivity index is 1.39. The molecule has 4 rings (SSSR count). The van der Waals surface area contributed by atoms with Gasteiger partial charge in [0.15, 0.2) is 0 Å². The molecule has 6 heteroatoms. The smallest absolute Gasteiger partial charge is 0.238 e. The van der Waals surface area contributed by atoms with E-state index in [1.54, 1.807) is 0 Å². The Labute approximate surface area is 148 Å². The van der Waals surface area contributed by atoms with Gasteiger partial charge in [0.25, 0.3) is 0 Å². The molecule has 3 aliphatic rings. The summed E-state index contributed by atoms with van der Waals surface area (Å²) < 4.78 is 0. The largest absolute Gasteiger partial charge is 0.353 e. The number of likely N-dealkylation sites (N-methyl/N-ethyl adjacent to an activating group) is 1. The maximum absolute atomic E-state index is 12.7. The minimum atomic E-state index is -0.115. The summed E-state index contributed by atoms with van der Waals surface area (Å²) in [5, 5.41) is 6.33. The topological polar surface area (TPSA) is 64.7 Å². The summed E-state index contributed by atoms with van der Waals surface area (Å²) in [7, 11) is 2.09. The van der Waals surface area contributed by atoms with Gasteiger partial charge in [-0.1, -0.05) is 18.2 Å². The second-order valence-electron chi connectivity index (χ2n) is 7.32. The molecule has 3 aliphatic heterocycles. The zero-order chi connectivity index (χ0) is 17.4. The number of fused-ring (bicyclic) bond motifs is 2. The quantitative estimate of drug-likeness (QED) is 0.840. The molecule has 6 nitrogen and oxygen atoms in total. The molecule has 0 spiro atoms. The predicted molar refractivity (Wildman–Crippen MR) is 96.5 cm³/mol. The number of anilines is 1. The fourth-order valence-corrected chi connectivity index (χ4v) is 4.47. The van der Waals surface area contributed by atoms with E-state index in [-0.39, 0.29) is 29.9 Å². The van der Waals surface area contributed by atoms with Crippen LogP contribution in [-0.2, 0) is 16.0 Å². The van der Waals surface area contributed by atoms with E-state index in [0.29, 0.717) is 13.0 Å². The summed E-state index contributed by atoms with van der Waals surface area (Å²) in [4.78, 5) is 29.2. The van der Waals surface area contributed by atoms with Crippen molar-refractivity contribution in [2.24, 2.45) is 0 Å². The lowest BCUT2D eigenvalue weighted by Gasteiger charge is -2.32. The number of hydrogen-bond donors (Lipinski definition) is 2. The Morgan fingerprint density at radius 3 is 3.04 bits per heavy atom. The lowest BCUT2D eigenvalue weighted by atomic mass is 10.0. The molecule has 1 aromatic rings. The highest BCUT2D eigenvalue weighted by Gasteiger charge is 2.40. The highest BCUT2D eigenvalue weighted by molar-refractivity contribution is 5.95. The second-order valence-corrected chi connectivity index (χ2v) is 7.32. The normalized spacial score (nSPS) is 29.1. The van der Waals surface area contributed by atoms with Crippen LogP contribution in [0.25, 0.3) is 0 Å². The van der Waals surface area contributed by atoms with Crippen molar-refractivity contribution in [2.45, 2.75) is 43.8 Å². The van der Waals surface area contributed by atoms with Crippen LogP contribution in [0.2, 0.25) is 0 Å². The molecule has 3 atom stereocenters. The number of benzene rings is 1. The van der Waals surface area contributed by atoms with Gasteiger partial charge in [0.2, 0.25) is 11.8 Å². The van der Waals surface area contributed by atoms with Gasteiger partial charge in [-0.2, -0.15) is 0 Å². The third kappa shape index (κ3) is 3.04. The minimum absolute atomic E-state index is 0.0941. The van der Waals surface area contributed by atoms with E-state index in [9.17, 15) is 9.59 Å². The SMILES string of the molecule is CN1[C@@H](CCC(=O)N2CCc3ccccc32)CNC(=O)[C@H]2NCC[C@H]21. The van der Waals surface area contributed by atoms with Gasteiger partial charge < -0.3 is 15.5 Å². The van der Waals surface area contributed by atoms with E-state index in [2.05, 4.69) is 28.6 Å². The Hall–Kier alpha value is -1.92. The number of amides is 2. The van der Waals surface area contributed by atoms with E-state index < -0.39 is 0 Å². The van der Waals surface area contributed by atoms with Gasteiger partial charge in [-0.3, -0.25) is 14.5 Å². The highest BCUT2D eigenvalue weighted by Crippen LogP contribution is 2.28.